The number of pyridine rings is 1. The van der Waals surface area contributed by atoms with E-state index in [0.717, 1.165) is 17.7 Å². The molecule has 0 amide bonds. The van der Waals surface area contributed by atoms with Gasteiger partial charge in [-0.3, -0.25) is 4.79 Å². The Morgan fingerprint density at radius 2 is 1.86 bits per heavy atom. The van der Waals surface area contributed by atoms with Crippen LogP contribution in [0.2, 0.25) is 0 Å². The largest absolute Gasteiger partial charge is 0.383 e. The topological polar surface area (TPSA) is 57.2 Å². The van der Waals surface area contributed by atoms with E-state index < -0.39 is 0 Å². The first-order valence-corrected chi connectivity index (χ1v) is 7.22. The van der Waals surface area contributed by atoms with E-state index in [-0.39, 0.29) is 12.1 Å². The minimum absolute atomic E-state index is 0.0355. The minimum Gasteiger partial charge on any atom is -0.383 e. The normalized spacial score (nSPS) is 10.8. The van der Waals surface area contributed by atoms with Gasteiger partial charge >= 0.3 is 0 Å². The zero-order chi connectivity index (χ0) is 15.2. The van der Waals surface area contributed by atoms with Crippen molar-refractivity contribution in [3.05, 3.63) is 57.9 Å². The number of nitrogens with zero attached hydrogens (tertiary/aromatic N) is 1. The molecule has 0 atom stereocenters. The average Bonchev–Trinajstić information content (AvgIpc) is 2.53. The van der Waals surface area contributed by atoms with Gasteiger partial charge in [-0.15, -0.1) is 0 Å². The van der Waals surface area contributed by atoms with Crippen LogP contribution >= 0.6 is 0 Å². The van der Waals surface area contributed by atoms with Crippen LogP contribution in [-0.2, 0) is 24.2 Å². The van der Waals surface area contributed by atoms with Crippen LogP contribution in [-0.4, -0.2) is 18.3 Å². The van der Waals surface area contributed by atoms with Gasteiger partial charge in [0.1, 0.15) is 0 Å². The highest BCUT2D eigenvalue weighted by molar-refractivity contribution is 5.60. The molecule has 0 aliphatic heterocycles. The Morgan fingerprint density at radius 1 is 1.14 bits per heavy atom. The molecule has 21 heavy (non-hydrogen) atoms. The summed E-state index contributed by atoms with van der Waals surface area (Å²) in [5, 5.41) is 0. The summed E-state index contributed by atoms with van der Waals surface area (Å²) in [6.07, 6.45) is 1.00. The lowest BCUT2D eigenvalue weighted by molar-refractivity contribution is 0.186. The third kappa shape index (κ3) is 3.40. The van der Waals surface area contributed by atoms with Crippen molar-refractivity contribution in [3.8, 4) is 11.3 Å². The van der Waals surface area contributed by atoms with Gasteiger partial charge in [0.2, 0.25) is 0 Å². The van der Waals surface area contributed by atoms with E-state index in [4.69, 9.17) is 10.5 Å². The van der Waals surface area contributed by atoms with E-state index in [9.17, 15) is 4.79 Å². The summed E-state index contributed by atoms with van der Waals surface area (Å²) >= 11 is 0. The molecule has 0 saturated heterocycles. The van der Waals surface area contributed by atoms with E-state index in [1.807, 2.05) is 12.1 Å². The van der Waals surface area contributed by atoms with Gasteiger partial charge in [0.15, 0.2) is 0 Å². The van der Waals surface area contributed by atoms with Gasteiger partial charge in [0.05, 0.1) is 12.3 Å². The molecule has 0 saturated carbocycles. The van der Waals surface area contributed by atoms with E-state index >= 15 is 0 Å². The number of hydrogen-bond acceptors (Lipinski definition) is 3. The standard InChI is InChI=1S/C17H22N2O2/c1-3-13-4-6-14(7-5-13)16-9-8-15(12-18)17(20)19(16)10-11-21-2/h4-9H,3,10-12,18H2,1-2H3. The SMILES string of the molecule is CCc1ccc(-c2ccc(CN)c(=O)n2CCOC)cc1. The molecule has 4 nitrogen and oxygen atoms in total. The van der Waals surface area contributed by atoms with Crippen LogP contribution in [0.25, 0.3) is 11.3 Å². The lowest BCUT2D eigenvalue weighted by Gasteiger charge is -2.14. The molecule has 4 heteroatoms. The number of nitrogens with two attached hydrogens (primary N) is 1. The molecule has 0 spiro atoms. The first-order chi connectivity index (χ1) is 10.2. The van der Waals surface area contributed by atoms with Crippen molar-refractivity contribution in [2.45, 2.75) is 26.4 Å². The van der Waals surface area contributed by atoms with Crippen molar-refractivity contribution in [3.63, 3.8) is 0 Å². The first kappa shape index (κ1) is 15.5. The number of ether oxygens (including phenoxy) is 1. The molecular formula is C17H22N2O2. The summed E-state index contributed by atoms with van der Waals surface area (Å²) in [5.41, 5.74) is 9.43. The lowest BCUT2D eigenvalue weighted by atomic mass is 10.1. The van der Waals surface area contributed by atoms with Gasteiger partial charge in [-0.1, -0.05) is 37.3 Å². The Hall–Kier alpha value is -1.91. The molecule has 0 bridgehead atoms. The number of aromatic nitrogens is 1. The maximum absolute atomic E-state index is 12.5. The van der Waals surface area contributed by atoms with Crippen molar-refractivity contribution in [1.82, 2.24) is 4.57 Å². The second kappa shape index (κ2) is 7.20. The second-order valence-electron chi connectivity index (χ2n) is 4.95. The minimum atomic E-state index is -0.0355. The van der Waals surface area contributed by atoms with Crippen LogP contribution in [0.1, 0.15) is 18.1 Å². The smallest absolute Gasteiger partial charge is 0.255 e. The van der Waals surface area contributed by atoms with Crippen molar-refractivity contribution >= 4 is 0 Å². The number of hydrogen-bond donors (Lipinski definition) is 1. The summed E-state index contributed by atoms with van der Waals surface area (Å²) in [6.45, 7) is 3.39. The number of aryl methyl sites for hydroxylation is 1. The Bertz CT molecular complexity index is 645. The molecule has 1 aromatic carbocycles. The van der Waals surface area contributed by atoms with Crippen molar-refractivity contribution in [1.29, 1.82) is 0 Å². The summed E-state index contributed by atoms with van der Waals surface area (Å²) in [5.74, 6) is 0. The fourth-order valence-corrected chi connectivity index (χ4v) is 2.35. The van der Waals surface area contributed by atoms with Crippen LogP contribution in [0.15, 0.2) is 41.2 Å². The molecule has 0 fully saturated rings. The number of benzene rings is 1. The Morgan fingerprint density at radius 3 is 2.43 bits per heavy atom. The van der Waals surface area contributed by atoms with E-state index in [1.54, 1.807) is 11.7 Å². The second-order valence-corrected chi connectivity index (χ2v) is 4.95. The zero-order valence-electron chi connectivity index (χ0n) is 12.6. The fourth-order valence-electron chi connectivity index (χ4n) is 2.35. The van der Waals surface area contributed by atoms with Gasteiger partial charge in [0, 0.05) is 25.8 Å². The number of methoxy groups -OCH3 is 1. The molecular weight excluding hydrogens is 264 g/mol. The third-order valence-electron chi connectivity index (χ3n) is 3.65. The van der Waals surface area contributed by atoms with Gasteiger partial charge in [-0.2, -0.15) is 0 Å². The Kier molecular flexibility index (Phi) is 5.31. The lowest BCUT2D eigenvalue weighted by Crippen LogP contribution is -2.28. The summed E-state index contributed by atoms with van der Waals surface area (Å²) in [7, 11) is 1.63. The fraction of sp³-hybridized carbons (Fsp3) is 0.353. The molecule has 0 aliphatic carbocycles. The van der Waals surface area contributed by atoms with E-state index in [0.29, 0.717) is 18.7 Å². The molecule has 2 aromatic rings. The van der Waals surface area contributed by atoms with Crippen LogP contribution in [0.5, 0.6) is 0 Å². The van der Waals surface area contributed by atoms with E-state index in [1.165, 1.54) is 5.56 Å². The maximum Gasteiger partial charge on any atom is 0.255 e. The predicted octanol–water partition coefficient (Wildman–Crippen LogP) is 2.18. The molecule has 2 N–H and O–H groups in total. The molecule has 1 aromatic heterocycles. The first-order valence-electron chi connectivity index (χ1n) is 7.22. The van der Waals surface area contributed by atoms with Gasteiger partial charge in [0.25, 0.3) is 5.56 Å². The van der Waals surface area contributed by atoms with Crippen LogP contribution in [0, 0.1) is 0 Å². The van der Waals surface area contributed by atoms with Crippen molar-refractivity contribution in [2.75, 3.05) is 13.7 Å². The van der Waals surface area contributed by atoms with E-state index in [2.05, 4.69) is 31.2 Å². The van der Waals surface area contributed by atoms with Crippen molar-refractivity contribution < 1.29 is 4.74 Å². The summed E-state index contributed by atoms with van der Waals surface area (Å²) in [6, 6.07) is 12.1. The average molecular weight is 286 g/mol. The summed E-state index contributed by atoms with van der Waals surface area (Å²) < 4.78 is 6.85. The third-order valence-corrected chi connectivity index (χ3v) is 3.65. The number of rotatable bonds is 6. The quantitative estimate of drug-likeness (QED) is 0.885. The monoisotopic (exact) mass is 286 g/mol. The predicted molar refractivity (Wildman–Crippen MR) is 85.3 cm³/mol. The van der Waals surface area contributed by atoms with Crippen LogP contribution in [0.4, 0.5) is 0 Å². The molecule has 0 aliphatic rings. The van der Waals surface area contributed by atoms with Crippen LogP contribution < -0.4 is 11.3 Å². The van der Waals surface area contributed by atoms with Gasteiger partial charge in [-0.05, 0) is 23.6 Å². The highest BCUT2D eigenvalue weighted by Crippen LogP contribution is 2.19. The molecule has 1 heterocycles. The van der Waals surface area contributed by atoms with Gasteiger partial charge in [-0.25, -0.2) is 0 Å². The molecule has 0 radical (unpaired) electrons. The summed E-state index contributed by atoms with van der Waals surface area (Å²) in [4.78, 5) is 12.5. The van der Waals surface area contributed by atoms with Gasteiger partial charge < -0.3 is 15.0 Å². The van der Waals surface area contributed by atoms with Crippen molar-refractivity contribution in [2.24, 2.45) is 5.73 Å². The molecule has 0 unspecified atom stereocenters. The van der Waals surface area contributed by atoms with Crippen LogP contribution in [0.3, 0.4) is 0 Å². The Labute approximate surface area is 125 Å². The zero-order valence-corrected chi connectivity index (χ0v) is 12.6. The highest BCUT2D eigenvalue weighted by atomic mass is 16.5. The highest BCUT2D eigenvalue weighted by Gasteiger charge is 2.09. The molecule has 112 valence electrons. The Balaban J connectivity index is 2.50. The molecule has 2 rings (SSSR count). The maximum atomic E-state index is 12.5.